The van der Waals surface area contributed by atoms with E-state index < -0.39 is 12.0 Å². The van der Waals surface area contributed by atoms with Gasteiger partial charge in [0.25, 0.3) is 0 Å². The van der Waals surface area contributed by atoms with Crippen LogP contribution in [0.4, 0.5) is 5.82 Å². The molecule has 6 nitrogen and oxygen atoms in total. The number of carbonyl (C=O) groups is 1. The summed E-state index contributed by atoms with van der Waals surface area (Å²) in [4.78, 5) is 18.6. The molecule has 0 spiro atoms. The molecule has 0 aliphatic heterocycles. The first kappa shape index (κ1) is 14.2. The van der Waals surface area contributed by atoms with Crippen molar-refractivity contribution in [3.05, 3.63) is 52.9 Å². The number of halogens is 1. The summed E-state index contributed by atoms with van der Waals surface area (Å²) in [6.45, 7) is -0.218. The number of nitrogens with zero attached hydrogens (tertiary/aromatic N) is 2. The van der Waals surface area contributed by atoms with Crippen LogP contribution in [-0.4, -0.2) is 32.8 Å². The number of aliphatic hydroxyl groups excluding tert-OH is 1. The van der Waals surface area contributed by atoms with E-state index in [4.69, 9.17) is 16.7 Å². The normalized spacial score (nSPS) is 11.9. The maximum atomic E-state index is 11.1. The van der Waals surface area contributed by atoms with Gasteiger partial charge in [0.1, 0.15) is 11.4 Å². The van der Waals surface area contributed by atoms with Crippen molar-refractivity contribution in [2.24, 2.45) is 0 Å². The fourth-order valence-corrected chi connectivity index (χ4v) is 1.84. The highest BCUT2D eigenvalue weighted by atomic mass is 35.5. The Hall–Kier alpha value is -2.18. The van der Waals surface area contributed by atoms with Crippen LogP contribution in [0.2, 0.25) is 5.28 Å². The number of aromatic nitrogens is 2. The Bertz CT molecular complexity index is 607. The van der Waals surface area contributed by atoms with E-state index >= 15 is 0 Å². The van der Waals surface area contributed by atoms with Gasteiger partial charge in [-0.2, -0.15) is 4.98 Å². The zero-order valence-electron chi connectivity index (χ0n) is 10.3. The lowest BCUT2D eigenvalue weighted by atomic mass is 10.1. The third-order valence-electron chi connectivity index (χ3n) is 2.69. The molecule has 0 amide bonds. The molecule has 0 radical (unpaired) electrons. The number of aliphatic hydroxyl groups is 1. The van der Waals surface area contributed by atoms with Gasteiger partial charge in [0.2, 0.25) is 5.28 Å². The van der Waals surface area contributed by atoms with Gasteiger partial charge in [0.05, 0.1) is 12.6 Å². The van der Waals surface area contributed by atoms with E-state index in [1.807, 2.05) is 30.3 Å². The fraction of sp³-hybridized carbons (Fsp3) is 0.154. The summed E-state index contributed by atoms with van der Waals surface area (Å²) < 4.78 is 0. The number of nitrogens with one attached hydrogen (secondary N) is 1. The summed E-state index contributed by atoms with van der Waals surface area (Å²) in [5, 5.41) is 21.3. The molecule has 0 bridgehead atoms. The van der Waals surface area contributed by atoms with Crippen molar-refractivity contribution in [3.63, 3.8) is 0 Å². The van der Waals surface area contributed by atoms with Crippen LogP contribution in [0.25, 0.3) is 0 Å². The molecule has 1 heterocycles. The van der Waals surface area contributed by atoms with E-state index in [9.17, 15) is 9.90 Å². The molecule has 0 fully saturated rings. The Morgan fingerprint density at radius 3 is 2.65 bits per heavy atom. The minimum atomic E-state index is -1.17. The molecule has 2 rings (SSSR count). The van der Waals surface area contributed by atoms with E-state index in [0.717, 1.165) is 11.8 Å². The molecule has 0 saturated heterocycles. The van der Waals surface area contributed by atoms with Crippen molar-refractivity contribution in [1.82, 2.24) is 9.97 Å². The largest absolute Gasteiger partial charge is 0.477 e. The maximum absolute atomic E-state index is 11.1. The van der Waals surface area contributed by atoms with E-state index in [-0.39, 0.29) is 23.3 Å². The Labute approximate surface area is 120 Å². The number of carboxylic acid groups (broad SMARTS) is 1. The topological polar surface area (TPSA) is 95.3 Å². The SMILES string of the molecule is O=C(O)c1cnc(Cl)nc1N[C@H](CO)c1ccccc1. The molecule has 20 heavy (non-hydrogen) atoms. The Morgan fingerprint density at radius 2 is 2.05 bits per heavy atom. The second kappa shape index (κ2) is 6.31. The highest BCUT2D eigenvalue weighted by Crippen LogP contribution is 2.21. The predicted octanol–water partition coefficient (Wildman–Crippen LogP) is 1.97. The van der Waals surface area contributed by atoms with Crippen LogP contribution < -0.4 is 5.32 Å². The van der Waals surface area contributed by atoms with Crippen molar-refractivity contribution in [1.29, 1.82) is 0 Å². The van der Waals surface area contributed by atoms with Gasteiger partial charge in [-0.25, -0.2) is 9.78 Å². The van der Waals surface area contributed by atoms with E-state index in [2.05, 4.69) is 15.3 Å². The molecule has 1 aromatic carbocycles. The highest BCUT2D eigenvalue weighted by molar-refractivity contribution is 6.28. The second-order valence-electron chi connectivity index (χ2n) is 4.00. The number of rotatable bonds is 5. The molecule has 0 aliphatic rings. The lowest BCUT2D eigenvalue weighted by Crippen LogP contribution is -2.18. The molecule has 3 N–H and O–H groups in total. The summed E-state index contributed by atoms with van der Waals surface area (Å²) in [6.07, 6.45) is 1.12. The molecule has 104 valence electrons. The first-order valence-electron chi connectivity index (χ1n) is 5.80. The number of aromatic carboxylic acids is 1. The van der Waals surface area contributed by atoms with Crippen molar-refractivity contribution in [2.45, 2.75) is 6.04 Å². The average Bonchev–Trinajstić information content (AvgIpc) is 2.45. The Kier molecular flexibility index (Phi) is 4.49. The van der Waals surface area contributed by atoms with Crippen LogP contribution >= 0.6 is 11.6 Å². The summed E-state index contributed by atoms with van der Waals surface area (Å²) in [6, 6.07) is 8.64. The van der Waals surface area contributed by atoms with Crippen molar-refractivity contribution in [3.8, 4) is 0 Å². The maximum Gasteiger partial charge on any atom is 0.341 e. The quantitative estimate of drug-likeness (QED) is 0.730. The van der Waals surface area contributed by atoms with Gasteiger partial charge in [-0.15, -0.1) is 0 Å². The Balaban J connectivity index is 2.32. The third kappa shape index (κ3) is 3.23. The van der Waals surface area contributed by atoms with Crippen molar-refractivity contribution in [2.75, 3.05) is 11.9 Å². The van der Waals surface area contributed by atoms with E-state index in [1.54, 1.807) is 0 Å². The molecular formula is C13H12ClN3O3. The fourth-order valence-electron chi connectivity index (χ4n) is 1.71. The number of hydrogen-bond donors (Lipinski definition) is 3. The predicted molar refractivity (Wildman–Crippen MR) is 73.9 cm³/mol. The molecule has 0 saturated carbocycles. The number of anilines is 1. The summed E-state index contributed by atoms with van der Waals surface area (Å²) in [7, 11) is 0. The highest BCUT2D eigenvalue weighted by Gasteiger charge is 2.17. The molecule has 2 aromatic rings. The molecular weight excluding hydrogens is 282 g/mol. The molecule has 0 aliphatic carbocycles. The van der Waals surface area contributed by atoms with Gasteiger partial charge in [0, 0.05) is 6.20 Å². The van der Waals surface area contributed by atoms with Crippen molar-refractivity contribution < 1.29 is 15.0 Å². The monoisotopic (exact) mass is 293 g/mol. The summed E-state index contributed by atoms with van der Waals surface area (Å²) in [5.74, 6) is -1.10. The first-order chi connectivity index (χ1) is 9.61. The van der Waals surface area contributed by atoms with E-state index in [0.29, 0.717) is 0 Å². The number of hydrogen-bond acceptors (Lipinski definition) is 5. The minimum absolute atomic E-state index is 0.0674. The van der Waals surface area contributed by atoms with Gasteiger partial charge in [-0.05, 0) is 17.2 Å². The van der Waals surface area contributed by atoms with Crippen LogP contribution in [0.5, 0.6) is 0 Å². The van der Waals surface area contributed by atoms with Gasteiger partial charge >= 0.3 is 5.97 Å². The summed E-state index contributed by atoms with van der Waals surface area (Å²) >= 11 is 5.68. The van der Waals surface area contributed by atoms with Gasteiger partial charge in [0.15, 0.2) is 0 Å². The third-order valence-corrected chi connectivity index (χ3v) is 2.87. The zero-order valence-corrected chi connectivity index (χ0v) is 11.1. The van der Waals surface area contributed by atoms with Crippen LogP contribution in [0.15, 0.2) is 36.5 Å². The van der Waals surface area contributed by atoms with Crippen LogP contribution in [0, 0.1) is 0 Å². The van der Waals surface area contributed by atoms with Gasteiger partial charge in [-0.1, -0.05) is 30.3 Å². The smallest absolute Gasteiger partial charge is 0.341 e. The minimum Gasteiger partial charge on any atom is -0.477 e. The molecule has 1 atom stereocenters. The average molecular weight is 294 g/mol. The number of carboxylic acids is 1. The summed E-state index contributed by atoms with van der Waals surface area (Å²) in [5.41, 5.74) is 0.699. The molecule has 0 unspecified atom stereocenters. The van der Waals surface area contributed by atoms with Crippen molar-refractivity contribution >= 4 is 23.4 Å². The van der Waals surface area contributed by atoms with Gasteiger partial charge < -0.3 is 15.5 Å². The standard InChI is InChI=1S/C13H12ClN3O3/c14-13-15-6-9(12(19)20)11(17-13)16-10(7-18)8-4-2-1-3-5-8/h1-6,10,18H,7H2,(H,19,20)(H,15,16,17)/t10-/m1/s1. The van der Waals surface area contributed by atoms with Crippen LogP contribution in [0.1, 0.15) is 22.0 Å². The molecule has 7 heteroatoms. The van der Waals surface area contributed by atoms with E-state index in [1.165, 1.54) is 0 Å². The van der Waals surface area contributed by atoms with Crippen LogP contribution in [-0.2, 0) is 0 Å². The number of benzene rings is 1. The lowest BCUT2D eigenvalue weighted by Gasteiger charge is -2.18. The lowest BCUT2D eigenvalue weighted by molar-refractivity contribution is 0.0697. The zero-order chi connectivity index (χ0) is 14.5. The van der Waals surface area contributed by atoms with Gasteiger partial charge in [-0.3, -0.25) is 0 Å². The Morgan fingerprint density at radius 1 is 1.35 bits per heavy atom. The first-order valence-corrected chi connectivity index (χ1v) is 6.17. The van der Waals surface area contributed by atoms with Crippen LogP contribution in [0.3, 0.4) is 0 Å². The molecule has 1 aromatic heterocycles. The second-order valence-corrected chi connectivity index (χ2v) is 4.33.